The van der Waals surface area contributed by atoms with E-state index in [9.17, 15) is 9.90 Å². The zero-order valence-corrected chi connectivity index (χ0v) is 12.4. The third-order valence-electron chi connectivity index (χ3n) is 3.66. The van der Waals surface area contributed by atoms with Crippen LogP contribution in [0.3, 0.4) is 0 Å². The molecule has 1 atom stereocenters. The summed E-state index contributed by atoms with van der Waals surface area (Å²) in [5.74, 6) is 0.0703. The summed E-state index contributed by atoms with van der Waals surface area (Å²) in [7, 11) is 1.61. The first-order valence-corrected chi connectivity index (χ1v) is 6.91. The van der Waals surface area contributed by atoms with E-state index < -0.39 is 11.7 Å². The zero-order chi connectivity index (χ0) is 14.9. The fraction of sp³-hybridized carbons (Fsp3) is 0.533. The fourth-order valence-electron chi connectivity index (χ4n) is 2.40. The van der Waals surface area contributed by atoms with Crippen molar-refractivity contribution in [3.05, 3.63) is 29.3 Å². The maximum Gasteiger partial charge on any atom is 0.330 e. The largest absolute Gasteiger partial charge is 0.427 e. The molecule has 1 unspecified atom stereocenters. The average Bonchev–Trinajstić information content (AvgIpc) is 2.77. The Hall–Kier alpha value is -1.33. The fourth-order valence-corrected chi connectivity index (χ4v) is 2.40. The van der Waals surface area contributed by atoms with Crippen LogP contribution in [-0.4, -0.2) is 30.2 Å². The monoisotopic (exact) mass is 274 g/mol. The first-order valence-electron chi connectivity index (χ1n) is 6.91. The molecule has 0 aromatic heterocycles. The van der Waals surface area contributed by atoms with Crippen LogP contribution < -0.4 is 10.8 Å². The van der Waals surface area contributed by atoms with Crippen molar-refractivity contribution in [1.29, 1.82) is 0 Å². The Bertz CT molecular complexity index is 514. The van der Waals surface area contributed by atoms with E-state index in [1.165, 1.54) is 0 Å². The smallest absolute Gasteiger partial charge is 0.330 e. The van der Waals surface area contributed by atoms with Crippen LogP contribution in [0, 0.1) is 5.92 Å². The standard InChI is InChI=1S/C15H21BNO3/c1-9(2)13(18)15(3,4)20-16-11-6-5-10-8-17-14(19)12(10)7-11/h5-7,9,13,18H,8H2,1-4H3,(H,17,19). The van der Waals surface area contributed by atoms with E-state index in [1.807, 2.05) is 45.9 Å². The lowest BCUT2D eigenvalue weighted by atomic mass is 9.83. The summed E-state index contributed by atoms with van der Waals surface area (Å²) in [5, 5.41) is 12.9. The Kier molecular flexibility index (Phi) is 4.21. The molecular weight excluding hydrogens is 253 g/mol. The number of carbonyl (C=O) groups is 1. The van der Waals surface area contributed by atoms with Crippen LogP contribution >= 0.6 is 0 Å². The normalized spacial score (nSPS) is 16.0. The molecule has 0 spiro atoms. The Labute approximate surface area is 120 Å². The molecule has 1 aliphatic heterocycles. The Morgan fingerprint density at radius 1 is 1.40 bits per heavy atom. The summed E-state index contributed by atoms with van der Waals surface area (Å²) in [4.78, 5) is 11.6. The molecule has 107 valence electrons. The molecule has 0 aliphatic carbocycles. The summed E-state index contributed by atoms with van der Waals surface area (Å²) in [6.45, 7) is 8.21. The van der Waals surface area contributed by atoms with Crippen LogP contribution in [0.25, 0.3) is 0 Å². The highest BCUT2D eigenvalue weighted by Gasteiger charge is 2.31. The lowest BCUT2D eigenvalue weighted by Gasteiger charge is -2.33. The number of rotatable bonds is 5. The zero-order valence-electron chi connectivity index (χ0n) is 12.4. The van der Waals surface area contributed by atoms with Crippen molar-refractivity contribution < 1.29 is 14.6 Å². The van der Waals surface area contributed by atoms with Gasteiger partial charge in [-0.25, -0.2) is 0 Å². The first kappa shape index (κ1) is 15.1. The van der Waals surface area contributed by atoms with Gasteiger partial charge in [-0.05, 0) is 25.3 Å². The van der Waals surface area contributed by atoms with Crippen molar-refractivity contribution in [2.24, 2.45) is 5.92 Å². The molecule has 0 saturated heterocycles. The van der Waals surface area contributed by atoms with Gasteiger partial charge in [-0.15, -0.1) is 0 Å². The highest BCUT2D eigenvalue weighted by molar-refractivity contribution is 6.47. The van der Waals surface area contributed by atoms with Gasteiger partial charge >= 0.3 is 7.48 Å². The molecule has 1 heterocycles. The van der Waals surface area contributed by atoms with Gasteiger partial charge in [0.2, 0.25) is 0 Å². The number of hydrogen-bond donors (Lipinski definition) is 2. The van der Waals surface area contributed by atoms with Crippen LogP contribution in [0.15, 0.2) is 18.2 Å². The summed E-state index contributed by atoms with van der Waals surface area (Å²) in [6, 6.07) is 5.65. The van der Waals surface area contributed by atoms with Crippen molar-refractivity contribution in [1.82, 2.24) is 5.32 Å². The van der Waals surface area contributed by atoms with Gasteiger partial charge in [0.05, 0.1) is 11.7 Å². The summed E-state index contributed by atoms with van der Waals surface area (Å²) >= 11 is 0. The van der Waals surface area contributed by atoms with Gasteiger partial charge < -0.3 is 15.1 Å². The second-order valence-corrected chi connectivity index (χ2v) is 6.13. The molecule has 0 fully saturated rings. The molecule has 2 N–H and O–H groups in total. The number of fused-ring (bicyclic) bond motifs is 1. The van der Waals surface area contributed by atoms with Gasteiger partial charge in [0.1, 0.15) is 0 Å². The number of amides is 1. The quantitative estimate of drug-likeness (QED) is 0.787. The number of carbonyl (C=O) groups excluding carboxylic acids is 1. The van der Waals surface area contributed by atoms with Gasteiger partial charge in [-0.2, -0.15) is 0 Å². The average molecular weight is 274 g/mol. The lowest BCUT2D eigenvalue weighted by molar-refractivity contribution is -0.0499. The molecule has 1 aromatic rings. The number of benzene rings is 1. The topological polar surface area (TPSA) is 58.6 Å². The summed E-state index contributed by atoms with van der Waals surface area (Å²) < 4.78 is 5.73. The SMILES string of the molecule is CC(C)C(O)C(C)(C)O[B]c1ccc2c(c1)C(=O)NC2. The van der Waals surface area contributed by atoms with Crippen LogP contribution in [-0.2, 0) is 11.2 Å². The van der Waals surface area contributed by atoms with E-state index in [4.69, 9.17) is 4.65 Å². The Balaban J connectivity index is 2.05. The van der Waals surface area contributed by atoms with E-state index in [1.54, 1.807) is 7.48 Å². The highest BCUT2D eigenvalue weighted by Crippen LogP contribution is 2.20. The molecule has 1 radical (unpaired) electrons. The Morgan fingerprint density at radius 3 is 2.75 bits per heavy atom. The summed E-state index contributed by atoms with van der Waals surface area (Å²) in [6.07, 6.45) is -0.559. The van der Waals surface area contributed by atoms with Crippen LogP contribution in [0.4, 0.5) is 0 Å². The predicted molar refractivity (Wildman–Crippen MR) is 79.0 cm³/mol. The summed E-state index contributed by atoms with van der Waals surface area (Å²) in [5.41, 5.74) is 1.86. The lowest BCUT2D eigenvalue weighted by Crippen LogP contribution is -2.45. The molecule has 1 aliphatic rings. The molecule has 1 aromatic carbocycles. The third kappa shape index (κ3) is 3.05. The van der Waals surface area contributed by atoms with E-state index in [0.717, 1.165) is 11.0 Å². The van der Waals surface area contributed by atoms with Crippen molar-refractivity contribution in [3.8, 4) is 0 Å². The molecule has 5 heteroatoms. The number of aliphatic hydroxyl groups is 1. The molecule has 4 nitrogen and oxygen atoms in total. The van der Waals surface area contributed by atoms with Gasteiger partial charge in [-0.3, -0.25) is 4.79 Å². The van der Waals surface area contributed by atoms with Crippen molar-refractivity contribution in [3.63, 3.8) is 0 Å². The number of nitrogens with one attached hydrogen (secondary N) is 1. The second kappa shape index (κ2) is 5.58. The number of hydrogen-bond acceptors (Lipinski definition) is 3. The van der Waals surface area contributed by atoms with Gasteiger partial charge in [-0.1, -0.05) is 37.5 Å². The van der Waals surface area contributed by atoms with Crippen LogP contribution in [0.5, 0.6) is 0 Å². The van der Waals surface area contributed by atoms with Crippen molar-refractivity contribution >= 4 is 18.9 Å². The van der Waals surface area contributed by atoms with E-state index in [2.05, 4.69) is 5.32 Å². The predicted octanol–water partition coefficient (Wildman–Crippen LogP) is 0.987. The minimum Gasteiger partial charge on any atom is -0.427 e. The molecular formula is C15H21BNO3. The van der Waals surface area contributed by atoms with E-state index in [0.29, 0.717) is 12.1 Å². The third-order valence-corrected chi connectivity index (χ3v) is 3.66. The van der Waals surface area contributed by atoms with Gasteiger partial charge in [0.25, 0.3) is 5.91 Å². The van der Waals surface area contributed by atoms with Crippen LogP contribution in [0.2, 0.25) is 0 Å². The maximum absolute atomic E-state index is 11.6. The van der Waals surface area contributed by atoms with Crippen LogP contribution in [0.1, 0.15) is 43.6 Å². The van der Waals surface area contributed by atoms with Crippen molar-refractivity contribution in [2.45, 2.75) is 45.9 Å². The molecule has 0 bridgehead atoms. The minimum atomic E-state index is -0.671. The van der Waals surface area contributed by atoms with Gasteiger partial charge in [0.15, 0.2) is 0 Å². The maximum atomic E-state index is 11.6. The molecule has 1 amide bonds. The molecule has 2 rings (SSSR count). The van der Waals surface area contributed by atoms with Gasteiger partial charge in [0, 0.05) is 12.1 Å². The molecule has 20 heavy (non-hydrogen) atoms. The first-order chi connectivity index (χ1) is 9.31. The highest BCUT2D eigenvalue weighted by atomic mass is 16.5. The molecule has 0 saturated carbocycles. The van der Waals surface area contributed by atoms with Crippen molar-refractivity contribution in [2.75, 3.05) is 0 Å². The van der Waals surface area contributed by atoms with E-state index >= 15 is 0 Å². The van der Waals surface area contributed by atoms with E-state index in [-0.39, 0.29) is 11.8 Å². The number of aliphatic hydroxyl groups excluding tert-OH is 1. The Morgan fingerprint density at radius 2 is 2.10 bits per heavy atom. The minimum absolute atomic E-state index is 0.0447. The second-order valence-electron chi connectivity index (χ2n) is 6.13.